The van der Waals surface area contributed by atoms with Crippen LogP contribution in [0.4, 0.5) is 10.5 Å². The van der Waals surface area contributed by atoms with Crippen molar-refractivity contribution in [3.63, 3.8) is 0 Å². The summed E-state index contributed by atoms with van der Waals surface area (Å²) in [6, 6.07) is 7.27. The maximum Gasteiger partial charge on any atom is 0.407 e. The van der Waals surface area contributed by atoms with Crippen molar-refractivity contribution in [1.82, 2.24) is 5.32 Å². The summed E-state index contributed by atoms with van der Waals surface area (Å²) < 4.78 is 5.01. The van der Waals surface area contributed by atoms with Gasteiger partial charge >= 0.3 is 6.09 Å². The van der Waals surface area contributed by atoms with Gasteiger partial charge in [-0.05, 0) is 43.4 Å². The van der Waals surface area contributed by atoms with Gasteiger partial charge in [0.25, 0.3) is 0 Å². The molecule has 0 heterocycles. The van der Waals surface area contributed by atoms with E-state index in [-0.39, 0.29) is 11.8 Å². The van der Waals surface area contributed by atoms with Crippen LogP contribution in [-0.4, -0.2) is 30.3 Å². The summed E-state index contributed by atoms with van der Waals surface area (Å²) >= 11 is 0. The molecule has 0 aromatic heterocycles. The highest BCUT2D eigenvalue weighted by molar-refractivity contribution is 5.92. The molecular formula is C21H32N2O4. The Morgan fingerprint density at radius 2 is 2.04 bits per heavy atom. The van der Waals surface area contributed by atoms with Crippen molar-refractivity contribution in [2.45, 2.75) is 64.4 Å². The molecule has 1 aliphatic carbocycles. The van der Waals surface area contributed by atoms with Gasteiger partial charge < -0.3 is 20.5 Å². The third-order valence-corrected chi connectivity index (χ3v) is 4.93. The molecule has 2 amide bonds. The lowest BCUT2D eigenvalue weighted by atomic mass is 9.88. The Morgan fingerprint density at radius 3 is 2.78 bits per heavy atom. The first-order valence-electron chi connectivity index (χ1n) is 10.1. The van der Waals surface area contributed by atoms with Crippen LogP contribution in [0.3, 0.4) is 0 Å². The zero-order chi connectivity index (χ0) is 19.5. The molecule has 0 bridgehead atoms. The second-order valence-corrected chi connectivity index (χ2v) is 7.17. The summed E-state index contributed by atoms with van der Waals surface area (Å²) in [7, 11) is 0. The van der Waals surface area contributed by atoms with Gasteiger partial charge in [-0.25, -0.2) is 4.79 Å². The Balaban J connectivity index is 1.77. The predicted molar refractivity (Wildman–Crippen MR) is 105 cm³/mol. The summed E-state index contributed by atoms with van der Waals surface area (Å²) in [6.45, 7) is 2.77. The Labute approximate surface area is 161 Å². The van der Waals surface area contributed by atoms with Crippen LogP contribution in [0.2, 0.25) is 0 Å². The normalized spacial score (nSPS) is 15.8. The van der Waals surface area contributed by atoms with Gasteiger partial charge in [0.05, 0.1) is 12.7 Å². The number of anilines is 1. The van der Waals surface area contributed by atoms with E-state index in [1.54, 1.807) is 6.07 Å². The lowest BCUT2D eigenvalue weighted by Gasteiger charge is -2.21. The van der Waals surface area contributed by atoms with Crippen LogP contribution in [0.1, 0.15) is 70.0 Å². The first-order chi connectivity index (χ1) is 13.1. The molecule has 1 fully saturated rings. The fourth-order valence-electron chi connectivity index (χ4n) is 3.27. The summed E-state index contributed by atoms with van der Waals surface area (Å²) in [5.41, 5.74) is 1.42. The molecular weight excluding hydrogens is 344 g/mol. The predicted octanol–water partition coefficient (Wildman–Crippen LogP) is 4.16. The average molecular weight is 376 g/mol. The number of carbonyl (C=O) groups excluding carboxylic acids is 2. The Kier molecular flexibility index (Phi) is 9.11. The van der Waals surface area contributed by atoms with E-state index in [1.807, 2.05) is 25.1 Å². The van der Waals surface area contributed by atoms with Crippen molar-refractivity contribution in [2.75, 3.05) is 18.5 Å². The van der Waals surface area contributed by atoms with E-state index in [9.17, 15) is 14.7 Å². The van der Waals surface area contributed by atoms with Gasteiger partial charge in [0.2, 0.25) is 5.91 Å². The van der Waals surface area contributed by atoms with Crippen LogP contribution in [0.5, 0.6) is 0 Å². The molecule has 2 rings (SSSR count). The molecule has 1 unspecified atom stereocenters. The summed E-state index contributed by atoms with van der Waals surface area (Å²) in [5, 5.41) is 16.0. The summed E-state index contributed by atoms with van der Waals surface area (Å²) in [4.78, 5) is 23.9. The van der Waals surface area contributed by atoms with Crippen LogP contribution in [-0.2, 0) is 9.53 Å². The molecule has 1 aromatic rings. The van der Waals surface area contributed by atoms with E-state index in [2.05, 4.69) is 10.6 Å². The molecule has 0 saturated heterocycles. The van der Waals surface area contributed by atoms with Crippen molar-refractivity contribution in [3.8, 4) is 0 Å². The monoisotopic (exact) mass is 376 g/mol. The van der Waals surface area contributed by atoms with E-state index in [4.69, 9.17) is 4.74 Å². The molecule has 3 N–H and O–H groups in total. The van der Waals surface area contributed by atoms with E-state index in [1.165, 1.54) is 6.42 Å². The van der Waals surface area contributed by atoms with Gasteiger partial charge in [0, 0.05) is 18.2 Å². The number of amides is 2. The quantitative estimate of drug-likeness (QED) is 0.565. The topological polar surface area (TPSA) is 87.7 Å². The second kappa shape index (κ2) is 11.6. The number of unbranched alkanes of at least 4 members (excludes halogenated alkanes) is 1. The minimum atomic E-state index is -0.715. The third-order valence-electron chi connectivity index (χ3n) is 4.93. The van der Waals surface area contributed by atoms with E-state index in [0.717, 1.165) is 44.1 Å². The number of benzene rings is 1. The zero-order valence-electron chi connectivity index (χ0n) is 16.2. The Hall–Kier alpha value is -2.08. The van der Waals surface area contributed by atoms with E-state index < -0.39 is 12.2 Å². The largest absolute Gasteiger partial charge is 0.450 e. The number of hydrogen-bond donors (Lipinski definition) is 3. The molecule has 150 valence electrons. The molecule has 27 heavy (non-hydrogen) atoms. The van der Waals surface area contributed by atoms with Crippen molar-refractivity contribution in [3.05, 3.63) is 29.8 Å². The number of aliphatic hydroxyl groups is 1. The van der Waals surface area contributed by atoms with Gasteiger partial charge in [-0.3, -0.25) is 4.79 Å². The number of hydrogen-bond acceptors (Lipinski definition) is 4. The molecule has 1 aromatic carbocycles. The third kappa shape index (κ3) is 7.59. The number of ether oxygens (including phenoxy) is 1. The number of aliphatic hydroxyl groups excluding tert-OH is 1. The fourth-order valence-corrected chi connectivity index (χ4v) is 3.27. The average Bonchev–Trinajstić information content (AvgIpc) is 2.69. The second-order valence-electron chi connectivity index (χ2n) is 7.17. The smallest absolute Gasteiger partial charge is 0.407 e. The minimum absolute atomic E-state index is 0.0674. The van der Waals surface area contributed by atoms with Crippen molar-refractivity contribution in [1.29, 1.82) is 0 Å². The minimum Gasteiger partial charge on any atom is -0.450 e. The van der Waals surface area contributed by atoms with Crippen molar-refractivity contribution >= 4 is 17.7 Å². The number of carbonyl (C=O) groups is 2. The van der Waals surface area contributed by atoms with Crippen LogP contribution >= 0.6 is 0 Å². The Morgan fingerprint density at radius 1 is 1.26 bits per heavy atom. The molecule has 1 saturated carbocycles. The van der Waals surface area contributed by atoms with E-state index >= 15 is 0 Å². The zero-order valence-corrected chi connectivity index (χ0v) is 16.2. The van der Waals surface area contributed by atoms with Crippen LogP contribution in [0, 0.1) is 5.92 Å². The van der Waals surface area contributed by atoms with Gasteiger partial charge in [-0.1, -0.05) is 44.7 Å². The van der Waals surface area contributed by atoms with Gasteiger partial charge in [0.1, 0.15) is 0 Å². The first-order valence-corrected chi connectivity index (χ1v) is 10.1. The molecule has 1 aliphatic rings. The van der Waals surface area contributed by atoms with Crippen LogP contribution in [0.25, 0.3) is 0 Å². The number of rotatable bonds is 9. The molecule has 6 heteroatoms. The van der Waals surface area contributed by atoms with Gasteiger partial charge in [-0.15, -0.1) is 0 Å². The highest BCUT2D eigenvalue weighted by atomic mass is 16.5. The Bertz CT molecular complexity index is 600. The first kappa shape index (κ1) is 21.2. The van der Waals surface area contributed by atoms with Crippen LogP contribution in [0.15, 0.2) is 24.3 Å². The van der Waals surface area contributed by atoms with Gasteiger partial charge in [-0.2, -0.15) is 0 Å². The maximum atomic E-state index is 12.4. The maximum absolute atomic E-state index is 12.4. The summed E-state index contributed by atoms with van der Waals surface area (Å²) in [6.07, 6.45) is 6.37. The molecule has 6 nitrogen and oxygen atoms in total. The molecule has 1 atom stereocenters. The van der Waals surface area contributed by atoms with Crippen molar-refractivity contribution in [2.24, 2.45) is 5.92 Å². The molecule has 0 aliphatic heterocycles. The highest BCUT2D eigenvalue weighted by Gasteiger charge is 2.21. The van der Waals surface area contributed by atoms with E-state index in [0.29, 0.717) is 25.3 Å². The molecule has 0 radical (unpaired) electrons. The number of alkyl carbamates (subject to hydrolysis) is 1. The SMILES string of the molecule is CCCCOC(=O)NCCC(O)c1cccc(NC(=O)C2CCCCC2)c1. The number of nitrogens with one attached hydrogen (secondary N) is 2. The fraction of sp³-hybridized carbons (Fsp3) is 0.619. The van der Waals surface area contributed by atoms with Crippen LogP contribution < -0.4 is 10.6 Å². The lowest BCUT2D eigenvalue weighted by molar-refractivity contribution is -0.120. The van der Waals surface area contributed by atoms with Gasteiger partial charge in [0.15, 0.2) is 0 Å². The van der Waals surface area contributed by atoms with Crippen molar-refractivity contribution < 1.29 is 19.4 Å². The summed E-state index contributed by atoms with van der Waals surface area (Å²) in [5.74, 6) is 0.160. The lowest BCUT2D eigenvalue weighted by Crippen LogP contribution is -2.26. The molecule has 0 spiro atoms. The highest BCUT2D eigenvalue weighted by Crippen LogP contribution is 2.26. The standard InChI is InChI=1S/C21H32N2O4/c1-2-3-14-27-21(26)22-13-12-19(24)17-10-7-11-18(15-17)23-20(25)16-8-5-4-6-9-16/h7,10-11,15-16,19,24H,2-6,8-9,12-14H2,1H3,(H,22,26)(H,23,25).